The number of pyridine rings is 2. The van der Waals surface area contributed by atoms with Crippen LogP contribution in [0.2, 0.25) is 5.02 Å². The topological polar surface area (TPSA) is 137 Å². The summed E-state index contributed by atoms with van der Waals surface area (Å²) in [5.41, 5.74) is 0.309. The van der Waals surface area contributed by atoms with Gasteiger partial charge in [-0.15, -0.1) is 0 Å². The van der Waals surface area contributed by atoms with Crippen molar-refractivity contribution in [2.45, 2.75) is 6.42 Å². The van der Waals surface area contributed by atoms with E-state index in [1.54, 1.807) is 18.2 Å². The van der Waals surface area contributed by atoms with E-state index in [-0.39, 0.29) is 28.2 Å². The molecule has 1 aliphatic heterocycles. The average Bonchev–Trinajstić information content (AvgIpc) is 3.15. The fourth-order valence-corrected chi connectivity index (χ4v) is 3.70. The van der Waals surface area contributed by atoms with Gasteiger partial charge in [-0.3, -0.25) is 9.59 Å². The summed E-state index contributed by atoms with van der Waals surface area (Å²) >= 11 is 5.83. The van der Waals surface area contributed by atoms with Crippen LogP contribution in [-0.4, -0.2) is 59.0 Å². The largest absolute Gasteiger partial charge is 0.478 e. The quantitative estimate of drug-likeness (QED) is 0.410. The van der Waals surface area contributed by atoms with Crippen LogP contribution in [0, 0.1) is 0 Å². The lowest BCUT2D eigenvalue weighted by Gasteiger charge is -2.21. The number of hydrogen-bond donors (Lipinski definition) is 4. The number of anilines is 3. The summed E-state index contributed by atoms with van der Waals surface area (Å²) in [4.78, 5) is 47.8. The zero-order valence-corrected chi connectivity index (χ0v) is 19.4. The van der Waals surface area contributed by atoms with Gasteiger partial charge in [0.25, 0.3) is 11.8 Å². The molecule has 11 heteroatoms. The molecule has 1 saturated heterocycles. The van der Waals surface area contributed by atoms with Gasteiger partial charge in [-0.2, -0.15) is 0 Å². The maximum Gasteiger partial charge on any atom is 0.335 e. The maximum absolute atomic E-state index is 12.9. The van der Waals surface area contributed by atoms with Crippen molar-refractivity contribution in [2.24, 2.45) is 0 Å². The summed E-state index contributed by atoms with van der Waals surface area (Å²) in [5.74, 6) is -1.26. The third kappa shape index (κ3) is 6.11. The van der Waals surface area contributed by atoms with E-state index >= 15 is 0 Å². The number of nitrogens with one attached hydrogen (secondary N) is 3. The van der Waals surface area contributed by atoms with Gasteiger partial charge < -0.3 is 26.0 Å². The summed E-state index contributed by atoms with van der Waals surface area (Å²) < 4.78 is 0. The van der Waals surface area contributed by atoms with Crippen molar-refractivity contribution < 1.29 is 19.5 Å². The second-order valence-corrected chi connectivity index (χ2v) is 8.27. The first-order chi connectivity index (χ1) is 16.9. The monoisotopic (exact) mass is 494 g/mol. The first-order valence-electron chi connectivity index (χ1n) is 10.9. The molecule has 2 aromatic heterocycles. The van der Waals surface area contributed by atoms with Crippen LogP contribution in [-0.2, 0) is 0 Å². The van der Waals surface area contributed by atoms with E-state index < -0.39 is 17.8 Å². The van der Waals surface area contributed by atoms with Crippen LogP contribution in [0.5, 0.6) is 0 Å². The minimum atomic E-state index is -1.19. The third-order valence-corrected chi connectivity index (χ3v) is 5.63. The predicted molar refractivity (Wildman–Crippen MR) is 132 cm³/mol. The van der Waals surface area contributed by atoms with E-state index in [0.717, 1.165) is 38.4 Å². The number of rotatable bonds is 6. The lowest BCUT2D eigenvalue weighted by molar-refractivity contribution is 0.0696. The van der Waals surface area contributed by atoms with Gasteiger partial charge in [0.1, 0.15) is 11.6 Å². The number of carboxylic acid groups (broad SMARTS) is 1. The molecule has 0 atom stereocenters. The number of aromatic carboxylic acids is 1. The maximum atomic E-state index is 12.9. The summed E-state index contributed by atoms with van der Waals surface area (Å²) in [7, 11) is 0. The van der Waals surface area contributed by atoms with E-state index in [4.69, 9.17) is 11.6 Å². The minimum Gasteiger partial charge on any atom is -0.478 e. The molecular weight excluding hydrogens is 472 g/mol. The summed E-state index contributed by atoms with van der Waals surface area (Å²) in [6.45, 7) is 3.51. The van der Waals surface area contributed by atoms with Crippen molar-refractivity contribution in [3.63, 3.8) is 0 Å². The molecule has 1 aliphatic rings. The van der Waals surface area contributed by atoms with Crippen LogP contribution in [0.4, 0.5) is 17.3 Å². The minimum absolute atomic E-state index is 0.0454. The summed E-state index contributed by atoms with van der Waals surface area (Å²) in [5, 5.41) is 18.4. The molecule has 1 fully saturated rings. The Balaban J connectivity index is 1.54. The number of aromatic nitrogens is 2. The summed E-state index contributed by atoms with van der Waals surface area (Å²) in [6.07, 6.45) is 3.84. The number of carbonyl (C=O) groups is 3. The Morgan fingerprint density at radius 3 is 2.46 bits per heavy atom. The van der Waals surface area contributed by atoms with E-state index in [1.807, 2.05) is 0 Å². The van der Waals surface area contributed by atoms with Crippen molar-refractivity contribution in [1.29, 1.82) is 0 Å². The Kier molecular flexibility index (Phi) is 7.54. The Morgan fingerprint density at radius 2 is 1.74 bits per heavy atom. The number of halogens is 1. The molecule has 3 aromatic rings. The molecule has 0 bridgehead atoms. The molecule has 3 heterocycles. The number of carbonyl (C=O) groups excluding carboxylic acids is 2. The molecule has 0 saturated carbocycles. The zero-order valence-electron chi connectivity index (χ0n) is 18.6. The highest BCUT2D eigenvalue weighted by Crippen LogP contribution is 2.22. The zero-order chi connectivity index (χ0) is 24.8. The van der Waals surface area contributed by atoms with Gasteiger partial charge in [-0.25, -0.2) is 14.8 Å². The van der Waals surface area contributed by atoms with Crippen molar-refractivity contribution >= 4 is 46.7 Å². The van der Waals surface area contributed by atoms with Gasteiger partial charge in [-0.05, 0) is 55.4 Å². The molecule has 4 rings (SSSR count). The van der Waals surface area contributed by atoms with Crippen LogP contribution >= 0.6 is 11.6 Å². The Labute approximate surface area is 206 Å². The third-order valence-electron chi connectivity index (χ3n) is 5.40. The highest BCUT2D eigenvalue weighted by molar-refractivity contribution is 6.30. The normalized spacial score (nSPS) is 13.6. The summed E-state index contributed by atoms with van der Waals surface area (Å²) in [6, 6.07) is 10.4. The van der Waals surface area contributed by atoms with Crippen LogP contribution in [0.1, 0.15) is 37.5 Å². The van der Waals surface area contributed by atoms with E-state index in [1.165, 1.54) is 36.7 Å². The van der Waals surface area contributed by atoms with Crippen LogP contribution < -0.4 is 20.9 Å². The van der Waals surface area contributed by atoms with Crippen LogP contribution in [0.25, 0.3) is 0 Å². The molecule has 35 heavy (non-hydrogen) atoms. The first-order valence-corrected chi connectivity index (χ1v) is 11.3. The highest BCUT2D eigenvalue weighted by atomic mass is 35.5. The number of benzene rings is 1. The van der Waals surface area contributed by atoms with Gasteiger partial charge in [0.2, 0.25) is 0 Å². The smallest absolute Gasteiger partial charge is 0.335 e. The molecule has 10 nitrogen and oxygen atoms in total. The second-order valence-electron chi connectivity index (χ2n) is 7.83. The Morgan fingerprint density at radius 1 is 0.914 bits per heavy atom. The standard InChI is InChI=1S/C24H23ClN6O4/c25-17-4-6-20(27-14-17)30-23(33)18-5-2-15(24(34)35)12-19(18)29-22(32)16-3-7-21(28-13-16)31-10-1-8-26-9-11-31/h2-7,12-14,26H,1,8-11H2,(H,29,32)(H,34,35)(H,27,30,33). The Bertz CT molecular complexity index is 1230. The molecule has 2 amide bonds. The Hall–Kier alpha value is -4.02. The molecule has 0 radical (unpaired) electrons. The number of nitrogens with zero attached hydrogens (tertiary/aromatic N) is 3. The van der Waals surface area contributed by atoms with Gasteiger partial charge in [0.15, 0.2) is 0 Å². The highest BCUT2D eigenvalue weighted by Gasteiger charge is 2.18. The number of hydrogen-bond acceptors (Lipinski definition) is 7. The average molecular weight is 495 g/mol. The van der Waals surface area contributed by atoms with Crippen molar-refractivity contribution in [3.8, 4) is 0 Å². The molecule has 1 aromatic carbocycles. The SMILES string of the molecule is O=C(O)c1ccc(C(=O)Nc2ccc(Cl)cn2)c(NC(=O)c2ccc(N3CCCNCC3)nc2)c1. The predicted octanol–water partition coefficient (Wildman–Crippen LogP) is 3.13. The molecule has 0 unspecified atom stereocenters. The van der Waals surface area contributed by atoms with Crippen LogP contribution in [0.3, 0.4) is 0 Å². The molecule has 0 aliphatic carbocycles. The number of carboxylic acids is 1. The van der Waals surface area contributed by atoms with E-state index in [0.29, 0.717) is 5.02 Å². The molecule has 180 valence electrons. The van der Waals surface area contributed by atoms with Gasteiger partial charge in [0.05, 0.1) is 27.4 Å². The lowest BCUT2D eigenvalue weighted by Crippen LogP contribution is -2.28. The molecule has 0 spiro atoms. The van der Waals surface area contributed by atoms with Crippen molar-refractivity contribution in [2.75, 3.05) is 41.7 Å². The second kappa shape index (κ2) is 10.9. The van der Waals surface area contributed by atoms with Crippen molar-refractivity contribution in [1.82, 2.24) is 15.3 Å². The molecular formula is C24H23ClN6O4. The van der Waals surface area contributed by atoms with E-state index in [9.17, 15) is 19.5 Å². The number of amides is 2. The van der Waals surface area contributed by atoms with Gasteiger partial charge in [-0.1, -0.05) is 11.6 Å². The van der Waals surface area contributed by atoms with Gasteiger partial charge >= 0.3 is 5.97 Å². The fourth-order valence-electron chi connectivity index (χ4n) is 3.59. The van der Waals surface area contributed by atoms with Crippen LogP contribution in [0.15, 0.2) is 54.9 Å². The fraction of sp³-hybridized carbons (Fsp3) is 0.208. The van der Waals surface area contributed by atoms with E-state index in [2.05, 4.69) is 30.8 Å². The molecule has 4 N–H and O–H groups in total. The lowest BCUT2D eigenvalue weighted by atomic mass is 10.1. The first kappa shape index (κ1) is 24.1. The van der Waals surface area contributed by atoms with Crippen molar-refractivity contribution in [3.05, 3.63) is 76.6 Å². The van der Waals surface area contributed by atoms with Gasteiger partial charge in [0, 0.05) is 32.0 Å².